The van der Waals surface area contributed by atoms with Gasteiger partial charge in [-0.05, 0) is 66.7 Å². The van der Waals surface area contributed by atoms with Gasteiger partial charge in [0.2, 0.25) is 11.8 Å². The molecule has 5 nitrogen and oxygen atoms in total. The van der Waals surface area contributed by atoms with Crippen LogP contribution in [0.3, 0.4) is 0 Å². The molecule has 186 valence electrons. The molecule has 5 heteroatoms. The van der Waals surface area contributed by atoms with Crippen LogP contribution in [0, 0.1) is 5.92 Å². The zero-order chi connectivity index (χ0) is 24.2. The Hall–Kier alpha value is -2.50. The van der Waals surface area contributed by atoms with E-state index in [0.29, 0.717) is 25.2 Å². The van der Waals surface area contributed by atoms with E-state index in [-0.39, 0.29) is 29.8 Å². The van der Waals surface area contributed by atoms with E-state index in [1.165, 1.54) is 54.4 Å². The fourth-order valence-electron chi connectivity index (χ4n) is 6.62. The van der Waals surface area contributed by atoms with Gasteiger partial charge in [0.1, 0.15) is 0 Å². The van der Waals surface area contributed by atoms with Crippen LogP contribution in [0.2, 0.25) is 0 Å². The number of aryl methyl sites for hydroxylation is 2. The molecule has 1 aliphatic heterocycles. The fourth-order valence-corrected chi connectivity index (χ4v) is 6.62. The number of carbonyl (C=O) groups is 2. The first-order chi connectivity index (χ1) is 17.1. The zero-order valence-corrected chi connectivity index (χ0v) is 20.8. The molecule has 5 rings (SSSR count). The second-order valence-corrected chi connectivity index (χ2v) is 10.9. The summed E-state index contributed by atoms with van der Waals surface area (Å²) in [5.41, 5.74) is 11.6. The maximum Gasteiger partial charge on any atom is 0.243 e. The highest BCUT2D eigenvalue weighted by Gasteiger charge is 2.37. The summed E-state index contributed by atoms with van der Waals surface area (Å²) in [5, 5.41) is 2.74. The van der Waals surface area contributed by atoms with Gasteiger partial charge in [0.05, 0.1) is 6.04 Å². The monoisotopic (exact) mass is 473 g/mol. The van der Waals surface area contributed by atoms with Crippen molar-refractivity contribution in [2.45, 2.75) is 82.2 Å². The molecule has 0 bridgehead atoms. The summed E-state index contributed by atoms with van der Waals surface area (Å²) in [7, 11) is 0. The van der Waals surface area contributed by atoms with Crippen molar-refractivity contribution < 1.29 is 9.59 Å². The van der Waals surface area contributed by atoms with E-state index >= 15 is 0 Å². The van der Waals surface area contributed by atoms with Crippen LogP contribution in [0.5, 0.6) is 0 Å². The third-order valence-corrected chi connectivity index (χ3v) is 8.40. The Labute approximate surface area is 209 Å². The average molecular weight is 474 g/mol. The summed E-state index contributed by atoms with van der Waals surface area (Å²) in [4.78, 5) is 28.3. The molecule has 0 unspecified atom stereocenters. The lowest BCUT2D eigenvalue weighted by Gasteiger charge is -2.30. The first-order valence-corrected chi connectivity index (χ1v) is 13.6. The number of likely N-dealkylation sites (tertiary alicyclic amines) is 1. The molecule has 2 aliphatic carbocycles. The average Bonchev–Trinajstić information content (AvgIpc) is 3.16. The topological polar surface area (TPSA) is 75.4 Å². The maximum absolute atomic E-state index is 13.1. The summed E-state index contributed by atoms with van der Waals surface area (Å²) in [5.74, 6) is 0.483. The van der Waals surface area contributed by atoms with Crippen molar-refractivity contribution in [3.05, 3.63) is 70.8 Å². The smallest absolute Gasteiger partial charge is 0.243 e. The number of rotatable bonds is 6. The first kappa shape index (κ1) is 24.2. The maximum atomic E-state index is 13.1. The van der Waals surface area contributed by atoms with Crippen LogP contribution in [-0.2, 0) is 22.4 Å². The number of carbonyl (C=O) groups excluding carboxylic acids is 2. The van der Waals surface area contributed by atoms with Gasteiger partial charge < -0.3 is 5.73 Å². The summed E-state index contributed by atoms with van der Waals surface area (Å²) < 4.78 is 0. The molecule has 2 fully saturated rings. The molecule has 35 heavy (non-hydrogen) atoms. The number of nitrogens with two attached hydrogens (primary N) is 1. The van der Waals surface area contributed by atoms with Gasteiger partial charge in [-0.25, -0.2) is 0 Å². The SMILES string of the molecule is N[C@@H]1C[C@@H](C(=O)NC(=O)CCC2c3ccccc3CCc3ccccc32)N(CC2CCCCC2)C1. The van der Waals surface area contributed by atoms with Crippen molar-refractivity contribution in [3.63, 3.8) is 0 Å². The highest BCUT2D eigenvalue weighted by atomic mass is 16.2. The molecular formula is C30H39N3O2. The van der Waals surface area contributed by atoms with Crippen molar-refractivity contribution in [2.75, 3.05) is 13.1 Å². The lowest BCUT2D eigenvalue weighted by molar-refractivity contribution is -0.133. The fraction of sp³-hybridized carbons (Fsp3) is 0.533. The molecule has 3 N–H and O–H groups in total. The van der Waals surface area contributed by atoms with Gasteiger partial charge in [-0.1, -0.05) is 67.8 Å². The zero-order valence-electron chi connectivity index (χ0n) is 20.8. The Morgan fingerprint density at radius 2 is 1.54 bits per heavy atom. The summed E-state index contributed by atoms with van der Waals surface area (Å²) >= 11 is 0. The Kier molecular flexibility index (Phi) is 7.64. The lowest BCUT2D eigenvalue weighted by atomic mass is 9.85. The van der Waals surface area contributed by atoms with Crippen molar-refractivity contribution in [2.24, 2.45) is 11.7 Å². The summed E-state index contributed by atoms with van der Waals surface area (Å²) in [6.07, 6.45) is 10.1. The normalized spacial score (nSPS) is 23.3. The van der Waals surface area contributed by atoms with Crippen LogP contribution >= 0.6 is 0 Å². The van der Waals surface area contributed by atoms with Crippen LogP contribution in [0.1, 0.15) is 79.5 Å². The molecule has 0 aromatic heterocycles. The molecule has 1 saturated carbocycles. The van der Waals surface area contributed by atoms with E-state index in [9.17, 15) is 9.59 Å². The second-order valence-electron chi connectivity index (χ2n) is 10.9. The van der Waals surface area contributed by atoms with Crippen LogP contribution in [-0.4, -0.2) is 41.9 Å². The van der Waals surface area contributed by atoms with Gasteiger partial charge in [-0.2, -0.15) is 0 Å². The Morgan fingerprint density at radius 1 is 0.914 bits per heavy atom. The van der Waals surface area contributed by atoms with Crippen LogP contribution in [0.25, 0.3) is 0 Å². The standard InChI is InChI=1S/C30H39N3O2/c31-24-18-28(33(20-24)19-21-8-2-1-3-9-21)30(35)32-29(34)17-16-27-25-12-6-4-10-22(25)14-15-23-11-5-7-13-26(23)27/h4-7,10-13,21,24,27-28H,1-3,8-9,14-20,31H2,(H,32,34,35)/t24-,28+/m1/s1. The molecule has 3 aliphatic rings. The summed E-state index contributed by atoms with van der Waals surface area (Å²) in [6.45, 7) is 1.67. The number of amides is 2. The van der Waals surface area contributed by atoms with E-state index in [1.54, 1.807) is 0 Å². The molecule has 2 aromatic carbocycles. The largest absolute Gasteiger partial charge is 0.326 e. The van der Waals surface area contributed by atoms with Crippen molar-refractivity contribution in [1.82, 2.24) is 10.2 Å². The van der Waals surface area contributed by atoms with Crippen molar-refractivity contribution >= 4 is 11.8 Å². The number of benzene rings is 2. The molecule has 2 aromatic rings. The molecule has 2 atom stereocenters. The molecular weight excluding hydrogens is 434 g/mol. The van der Waals surface area contributed by atoms with Crippen LogP contribution in [0.15, 0.2) is 48.5 Å². The molecule has 2 amide bonds. The Balaban J connectivity index is 1.22. The van der Waals surface area contributed by atoms with E-state index in [2.05, 4.69) is 58.7 Å². The molecule has 1 heterocycles. The lowest BCUT2D eigenvalue weighted by Crippen LogP contribution is -2.46. The van der Waals surface area contributed by atoms with E-state index in [1.807, 2.05) is 0 Å². The van der Waals surface area contributed by atoms with E-state index in [4.69, 9.17) is 5.73 Å². The Morgan fingerprint density at radius 3 is 2.20 bits per heavy atom. The number of nitrogens with zero attached hydrogens (tertiary/aromatic N) is 1. The minimum atomic E-state index is -0.282. The first-order valence-electron chi connectivity index (χ1n) is 13.6. The highest BCUT2D eigenvalue weighted by molar-refractivity contribution is 5.98. The van der Waals surface area contributed by atoms with Crippen molar-refractivity contribution in [1.29, 1.82) is 0 Å². The Bertz CT molecular complexity index is 998. The quantitative estimate of drug-likeness (QED) is 0.655. The number of hydrogen-bond acceptors (Lipinski definition) is 4. The summed E-state index contributed by atoms with van der Waals surface area (Å²) in [6, 6.07) is 16.9. The number of fused-ring (bicyclic) bond motifs is 2. The van der Waals surface area contributed by atoms with E-state index < -0.39 is 0 Å². The van der Waals surface area contributed by atoms with Gasteiger partial charge in [-0.3, -0.25) is 19.8 Å². The van der Waals surface area contributed by atoms with Gasteiger partial charge in [0.25, 0.3) is 0 Å². The predicted molar refractivity (Wildman–Crippen MR) is 139 cm³/mol. The van der Waals surface area contributed by atoms with Gasteiger partial charge in [0.15, 0.2) is 0 Å². The van der Waals surface area contributed by atoms with E-state index in [0.717, 1.165) is 25.9 Å². The highest BCUT2D eigenvalue weighted by Crippen LogP contribution is 2.37. The van der Waals surface area contributed by atoms with Crippen molar-refractivity contribution in [3.8, 4) is 0 Å². The third-order valence-electron chi connectivity index (χ3n) is 8.40. The van der Waals surface area contributed by atoms with Crippen LogP contribution < -0.4 is 11.1 Å². The second kappa shape index (κ2) is 11.0. The minimum Gasteiger partial charge on any atom is -0.326 e. The number of hydrogen-bond donors (Lipinski definition) is 2. The molecule has 0 spiro atoms. The predicted octanol–water partition coefficient (Wildman–Crippen LogP) is 4.32. The number of imide groups is 1. The molecule has 0 radical (unpaired) electrons. The van der Waals surface area contributed by atoms with Crippen LogP contribution in [0.4, 0.5) is 0 Å². The molecule has 1 saturated heterocycles. The minimum absolute atomic E-state index is 0.00318. The number of nitrogens with one attached hydrogen (secondary N) is 1. The van der Waals surface area contributed by atoms with Gasteiger partial charge >= 0.3 is 0 Å². The van der Waals surface area contributed by atoms with Gasteiger partial charge in [0, 0.05) is 31.5 Å². The third kappa shape index (κ3) is 5.68. The van der Waals surface area contributed by atoms with Gasteiger partial charge in [-0.15, -0.1) is 0 Å².